The molecule has 0 aliphatic rings. The van der Waals surface area contributed by atoms with Crippen molar-refractivity contribution in [1.82, 2.24) is 10.2 Å². The van der Waals surface area contributed by atoms with E-state index in [1.165, 1.54) is 0 Å². The minimum Gasteiger partial charge on any atom is -0.323 e. The number of amides is 1. The molecule has 0 radical (unpaired) electrons. The number of nitro groups is 1. The van der Waals surface area contributed by atoms with Crippen molar-refractivity contribution in [3.8, 4) is 0 Å². The molecule has 1 amide bonds. The molecule has 2 aromatic carbocycles. The van der Waals surface area contributed by atoms with E-state index >= 15 is 0 Å². The van der Waals surface area contributed by atoms with Crippen LogP contribution in [0.1, 0.15) is 0 Å². The van der Waals surface area contributed by atoms with E-state index in [4.69, 9.17) is 0 Å². The van der Waals surface area contributed by atoms with E-state index in [0.717, 1.165) is 40.7 Å². The minimum absolute atomic E-state index is 0.0369. The average Bonchev–Trinajstić information content (AvgIpc) is 2.61. The molecule has 7 nitrogen and oxygen atoms in total. The number of aromatic nitrogens is 2. The van der Waals surface area contributed by atoms with Gasteiger partial charge in [0.05, 0.1) is 22.6 Å². The number of carbonyl (C=O) groups excluding carboxylic acids is 1. The van der Waals surface area contributed by atoms with E-state index in [0.29, 0.717) is 5.03 Å². The van der Waals surface area contributed by atoms with Crippen molar-refractivity contribution in [2.45, 2.75) is 5.03 Å². The molecule has 1 N–H and O–H groups in total. The van der Waals surface area contributed by atoms with Crippen molar-refractivity contribution in [3.05, 3.63) is 64.6 Å². The molecule has 9 heteroatoms. The van der Waals surface area contributed by atoms with E-state index in [1.54, 1.807) is 6.20 Å². The summed E-state index contributed by atoms with van der Waals surface area (Å²) in [6.45, 7) is 0. The van der Waals surface area contributed by atoms with Gasteiger partial charge < -0.3 is 5.32 Å². The maximum atomic E-state index is 13.7. The second-order valence-electron chi connectivity index (χ2n) is 5.00. The first-order chi connectivity index (χ1) is 12.0. The number of nitrogens with zero attached hydrogens (tertiary/aromatic N) is 3. The van der Waals surface area contributed by atoms with Crippen molar-refractivity contribution in [3.63, 3.8) is 0 Å². The van der Waals surface area contributed by atoms with Gasteiger partial charge in [0.25, 0.3) is 5.69 Å². The lowest BCUT2D eigenvalue weighted by Crippen LogP contribution is -2.15. The molecule has 0 saturated heterocycles. The highest BCUT2D eigenvalue weighted by Gasteiger charge is 2.14. The summed E-state index contributed by atoms with van der Waals surface area (Å²) in [5.74, 6) is -1.28. The first-order valence-corrected chi connectivity index (χ1v) is 8.10. The summed E-state index contributed by atoms with van der Waals surface area (Å²) in [5.41, 5.74) is -0.534. The molecule has 3 rings (SSSR count). The SMILES string of the molecule is O=C(CSc1nncc2ccccc12)Nc1cc([N+](=O)[O-])ccc1F. The summed E-state index contributed by atoms with van der Waals surface area (Å²) in [5, 5.41) is 23.3. The predicted molar refractivity (Wildman–Crippen MR) is 91.9 cm³/mol. The highest BCUT2D eigenvalue weighted by Crippen LogP contribution is 2.25. The van der Waals surface area contributed by atoms with Gasteiger partial charge in [0, 0.05) is 22.9 Å². The number of non-ortho nitro benzene ring substituents is 1. The molecule has 1 heterocycles. The second-order valence-corrected chi connectivity index (χ2v) is 5.96. The number of carbonyl (C=O) groups is 1. The van der Waals surface area contributed by atoms with E-state index in [2.05, 4.69) is 15.5 Å². The van der Waals surface area contributed by atoms with Crippen molar-refractivity contribution >= 4 is 39.8 Å². The van der Waals surface area contributed by atoms with Crippen LogP contribution in [0.4, 0.5) is 15.8 Å². The fourth-order valence-electron chi connectivity index (χ4n) is 2.15. The van der Waals surface area contributed by atoms with E-state index in [9.17, 15) is 19.3 Å². The third kappa shape index (κ3) is 3.89. The Balaban J connectivity index is 1.71. The lowest BCUT2D eigenvalue weighted by atomic mass is 10.2. The molecule has 25 heavy (non-hydrogen) atoms. The summed E-state index contributed by atoms with van der Waals surface area (Å²) < 4.78 is 13.7. The molecule has 0 bridgehead atoms. The molecule has 126 valence electrons. The first-order valence-electron chi connectivity index (χ1n) is 7.11. The third-order valence-corrected chi connectivity index (χ3v) is 4.29. The van der Waals surface area contributed by atoms with Crippen LogP contribution in [-0.2, 0) is 4.79 Å². The van der Waals surface area contributed by atoms with Gasteiger partial charge in [-0.25, -0.2) is 4.39 Å². The quantitative estimate of drug-likeness (QED) is 0.426. The number of hydrogen-bond acceptors (Lipinski definition) is 6. The third-order valence-electron chi connectivity index (χ3n) is 3.31. The van der Waals surface area contributed by atoms with Gasteiger partial charge in [-0.3, -0.25) is 14.9 Å². The van der Waals surface area contributed by atoms with Crippen molar-refractivity contribution in [2.75, 3.05) is 11.1 Å². The summed E-state index contributed by atoms with van der Waals surface area (Å²) in [6.07, 6.45) is 1.62. The Bertz CT molecular complexity index is 962. The molecule has 0 aliphatic heterocycles. The summed E-state index contributed by atoms with van der Waals surface area (Å²) in [6, 6.07) is 10.4. The maximum Gasteiger partial charge on any atom is 0.271 e. The highest BCUT2D eigenvalue weighted by molar-refractivity contribution is 8.00. The van der Waals surface area contributed by atoms with Crippen molar-refractivity contribution in [1.29, 1.82) is 0 Å². The van der Waals surface area contributed by atoms with Gasteiger partial charge in [0.1, 0.15) is 10.8 Å². The molecular weight excluding hydrogens is 347 g/mol. The minimum atomic E-state index is -0.742. The number of fused-ring (bicyclic) bond motifs is 1. The summed E-state index contributed by atoms with van der Waals surface area (Å²) >= 11 is 1.15. The normalized spacial score (nSPS) is 10.6. The Morgan fingerprint density at radius 3 is 2.88 bits per heavy atom. The fourth-order valence-corrected chi connectivity index (χ4v) is 2.94. The zero-order chi connectivity index (χ0) is 17.8. The predicted octanol–water partition coefficient (Wildman–Crippen LogP) is 3.41. The molecule has 0 fully saturated rings. The van der Waals surface area contributed by atoms with Gasteiger partial charge in [0.15, 0.2) is 0 Å². The zero-order valence-electron chi connectivity index (χ0n) is 12.7. The zero-order valence-corrected chi connectivity index (χ0v) is 13.5. The number of nitrogens with one attached hydrogen (secondary N) is 1. The Morgan fingerprint density at radius 2 is 2.08 bits per heavy atom. The lowest BCUT2D eigenvalue weighted by molar-refractivity contribution is -0.384. The Labute approximate surface area is 145 Å². The average molecular weight is 358 g/mol. The van der Waals surface area contributed by atoms with Crippen LogP contribution in [0.15, 0.2) is 53.7 Å². The topological polar surface area (TPSA) is 98.0 Å². The molecule has 0 atom stereocenters. The Kier molecular flexibility index (Phi) is 4.85. The van der Waals surface area contributed by atoms with Crippen LogP contribution >= 0.6 is 11.8 Å². The molecular formula is C16H11FN4O3S. The van der Waals surface area contributed by atoms with Gasteiger partial charge in [0.2, 0.25) is 5.91 Å². The van der Waals surface area contributed by atoms with Gasteiger partial charge in [-0.1, -0.05) is 36.0 Å². The van der Waals surface area contributed by atoms with Crippen LogP contribution in [0.2, 0.25) is 0 Å². The van der Waals surface area contributed by atoms with E-state index < -0.39 is 16.6 Å². The van der Waals surface area contributed by atoms with Gasteiger partial charge in [-0.15, -0.1) is 5.10 Å². The number of halogens is 1. The first kappa shape index (κ1) is 16.8. The monoisotopic (exact) mass is 358 g/mol. The van der Waals surface area contributed by atoms with Crippen LogP contribution in [-0.4, -0.2) is 26.8 Å². The fraction of sp³-hybridized carbons (Fsp3) is 0.0625. The number of nitro benzene ring substituents is 1. The van der Waals surface area contributed by atoms with Crippen LogP contribution in [0.25, 0.3) is 10.8 Å². The second kappa shape index (κ2) is 7.22. The van der Waals surface area contributed by atoms with E-state index in [-0.39, 0.29) is 17.1 Å². The van der Waals surface area contributed by atoms with Gasteiger partial charge in [-0.2, -0.15) is 5.10 Å². The molecule has 1 aromatic heterocycles. The Hall–Kier alpha value is -3.07. The molecule has 0 spiro atoms. The number of anilines is 1. The maximum absolute atomic E-state index is 13.7. The van der Waals surface area contributed by atoms with Crippen LogP contribution in [0, 0.1) is 15.9 Å². The molecule has 0 aliphatic carbocycles. The molecule has 3 aromatic rings. The van der Waals surface area contributed by atoms with Crippen molar-refractivity contribution in [2.24, 2.45) is 0 Å². The smallest absolute Gasteiger partial charge is 0.271 e. The summed E-state index contributed by atoms with van der Waals surface area (Å²) in [7, 11) is 0. The number of benzene rings is 2. The van der Waals surface area contributed by atoms with Gasteiger partial charge in [-0.05, 0) is 6.07 Å². The van der Waals surface area contributed by atoms with Crippen LogP contribution < -0.4 is 5.32 Å². The lowest BCUT2D eigenvalue weighted by Gasteiger charge is -2.07. The van der Waals surface area contributed by atoms with Gasteiger partial charge >= 0.3 is 0 Å². The van der Waals surface area contributed by atoms with Crippen LogP contribution in [0.5, 0.6) is 0 Å². The van der Waals surface area contributed by atoms with Crippen molar-refractivity contribution < 1.29 is 14.1 Å². The summed E-state index contributed by atoms with van der Waals surface area (Å²) in [4.78, 5) is 22.1. The number of hydrogen-bond donors (Lipinski definition) is 1. The number of rotatable bonds is 5. The molecule has 0 unspecified atom stereocenters. The van der Waals surface area contributed by atoms with E-state index in [1.807, 2.05) is 24.3 Å². The molecule has 0 saturated carbocycles. The Morgan fingerprint density at radius 1 is 1.28 bits per heavy atom. The van der Waals surface area contributed by atoms with Crippen LogP contribution in [0.3, 0.4) is 0 Å². The number of thioether (sulfide) groups is 1. The largest absolute Gasteiger partial charge is 0.323 e. The standard InChI is InChI=1S/C16H11FN4O3S/c17-13-6-5-11(21(23)24)7-14(13)19-15(22)9-25-16-12-4-2-1-3-10(12)8-18-20-16/h1-8H,9H2,(H,19,22). The highest BCUT2D eigenvalue weighted by atomic mass is 32.2.